The van der Waals surface area contributed by atoms with Crippen molar-refractivity contribution < 1.29 is 0 Å². The predicted molar refractivity (Wildman–Crippen MR) is 228 cm³/mol. The van der Waals surface area contributed by atoms with Gasteiger partial charge in [-0.15, -0.1) is 0 Å². The van der Waals surface area contributed by atoms with Crippen molar-refractivity contribution in [3.05, 3.63) is 162 Å². The van der Waals surface area contributed by atoms with Crippen LogP contribution in [0.2, 0.25) is 0 Å². The van der Waals surface area contributed by atoms with E-state index in [1.165, 1.54) is 22.3 Å². The van der Waals surface area contributed by atoms with Crippen LogP contribution < -0.4 is 0 Å². The van der Waals surface area contributed by atoms with Crippen molar-refractivity contribution in [2.75, 3.05) is 0 Å². The van der Waals surface area contributed by atoms with Gasteiger partial charge in [-0.3, -0.25) is 0 Å². The summed E-state index contributed by atoms with van der Waals surface area (Å²) in [4.78, 5) is 0. The maximum atomic E-state index is 3.55. The first-order valence-corrected chi connectivity index (χ1v) is 20.2. The van der Waals surface area contributed by atoms with Crippen molar-refractivity contribution >= 4 is 14.5 Å². The van der Waals surface area contributed by atoms with Gasteiger partial charge in [-0.2, -0.15) is 0 Å². The minimum atomic E-state index is -0.156. The summed E-state index contributed by atoms with van der Waals surface area (Å²) in [5.41, 5.74) is 11.1. The third-order valence-electron chi connectivity index (χ3n) is 9.22. The van der Waals surface area contributed by atoms with Crippen molar-refractivity contribution in [1.82, 2.24) is 0 Å². The molecule has 1 heterocycles. The van der Waals surface area contributed by atoms with Crippen LogP contribution >= 0.6 is 0 Å². The monoisotopic (exact) mass is 756 g/mol. The molecule has 1 heteroatoms. The molecule has 0 fully saturated rings. The van der Waals surface area contributed by atoms with Gasteiger partial charge in [0.15, 0.2) is 0 Å². The van der Waals surface area contributed by atoms with Crippen molar-refractivity contribution in [1.29, 1.82) is 0 Å². The Balaban J connectivity index is 1.67. The van der Waals surface area contributed by atoms with E-state index in [1.807, 2.05) is 0 Å². The summed E-state index contributed by atoms with van der Waals surface area (Å²) >= 11 is -0.156. The first kappa shape index (κ1) is 39.3. The van der Waals surface area contributed by atoms with Gasteiger partial charge < -0.3 is 0 Å². The quantitative estimate of drug-likeness (QED) is 0.109. The summed E-state index contributed by atoms with van der Waals surface area (Å²) in [6.45, 7) is 26.8. The van der Waals surface area contributed by atoms with Crippen LogP contribution in [0.3, 0.4) is 0 Å². The van der Waals surface area contributed by atoms with Gasteiger partial charge in [0.1, 0.15) is 0 Å². The third-order valence-corrected chi connectivity index (χ3v) is 11.4. The fourth-order valence-corrected chi connectivity index (χ4v) is 7.51. The first-order valence-electron chi connectivity index (χ1n) is 18.4. The molecule has 0 aliphatic heterocycles. The van der Waals surface area contributed by atoms with E-state index in [0.29, 0.717) is 0 Å². The van der Waals surface area contributed by atoms with Crippen LogP contribution in [0.5, 0.6) is 0 Å². The summed E-state index contributed by atoms with van der Waals surface area (Å²) < 4.78 is 2.02. The number of benzene rings is 4. The Bertz CT molecular complexity index is 2150. The topological polar surface area (TPSA) is 0 Å². The number of hydrogen-bond acceptors (Lipinski definition) is 0. The van der Waals surface area contributed by atoms with Gasteiger partial charge >= 0.3 is 328 Å². The molecule has 5 rings (SSSR count). The molecule has 0 radical (unpaired) electrons. The van der Waals surface area contributed by atoms with E-state index in [1.54, 1.807) is 0 Å². The Morgan fingerprint density at radius 2 is 0.491 bits per heavy atom. The van der Waals surface area contributed by atoms with Crippen molar-refractivity contribution in [3.63, 3.8) is 0 Å². The Kier molecular flexibility index (Phi) is 11.6. The first-order chi connectivity index (χ1) is 24.8. The molecule has 0 amide bonds. The number of rotatable bonds is 0. The van der Waals surface area contributed by atoms with E-state index in [9.17, 15) is 0 Å². The molecule has 53 heavy (non-hydrogen) atoms. The molecule has 0 bridgehead atoms. The van der Waals surface area contributed by atoms with Crippen LogP contribution in [0, 0.1) is 47.4 Å². The molecule has 0 aliphatic carbocycles. The van der Waals surface area contributed by atoms with E-state index >= 15 is 0 Å². The Hall–Kier alpha value is -4.88. The average molecular weight is 756 g/mol. The molecule has 0 spiro atoms. The van der Waals surface area contributed by atoms with E-state index < -0.39 is 0 Å². The van der Waals surface area contributed by atoms with Crippen LogP contribution in [0.4, 0.5) is 0 Å². The van der Waals surface area contributed by atoms with Crippen molar-refractivity contribution in [2.24, 2.45) is 0 Å². The molecule has 1 aromatic heterocycles. The Morgan fingerprint density at radius 3 is 0.698 bits per heavy atom. The second-order valence-electron chi connectivity index (χ2n) is 17.8. The Labute approximate surface area is 326 Å². The van der Waals surface area contributed by atoms with Crippen LogP contribution in [0.25, 0.3) is 0 Å². The molecular weight excluding hydrogens is 704 g/mol. The standard InChI is InChI=1S/C52H52Se/c1-49(2,3)41-25-13-37(14-26-41)21-33-45-46(34-22-38-15-27-42(28-16-38)50(4,5)6)48(36-24-40-19-31-44(32-20-40)52(10,11)12)53-47(45)35-23-39-17-29-43(30-18-39)51(7,8)9/h13-20,25-32H,1-12H3. The summed E-state index contributed by atoms with van der Waals surface area (Å²) in [5.74, 6) is 28.1. The second-order valence-corrected chi connectivity index (χ2v) is 20.0. The zero-order chi connectivity index (χ0) is 38.6. The van der Waals surface area contributed by atoms with Crippen LogP contribution in [0.15, 0.2) is 97.1 Å². The summed E-state index contributed by atoms with van der Waals surface area (Å²) in [6.07, 6.45) is 0. The fraction of sp³-hybridized carbons (Fsp3) is 0.308. The van der Waals surface area contributed by atoms with Gasteiger partial charge in [-0.1, -0.05) is 0 Å². The zero-order valence-electron chi connectivity index (χ0n) is 33.6. The van der Waals surface area contributed by atoms with E-state index in [-0.39, 0.29) is 36.2 Å². The third kappa shape index (κ3) is 10.6. The van der Waals surface area contributed by atoms with Crippen LogP contribution in [-0.2, 0) is 21.7 Å². The zero-order valence-corrected chi connectivity index (χ0v) is 35.4. The number of hydrogen-bond donors (Lipinski definition) is 0. The second kappa shape index (κ2) is 15.6. The molecule has 0 aliphatic rings. The summed E-state index contributed by atoms with van der Waals surface area (Å²) in [6, 6.07) is 34.4. The molecule has 0 nitrogen and oxygen atoms in total. The predicted octanol–water partition coefficient (Wildman–Crippen LogP) is 11.5. The molecule has 266 valence electrons. The van der Waals surface area contributed by atoms with Crippen molar-refractivity contribution in [3.8, 4) is 47.4 Å². The SMILES string of the molecule is CC(C)(C)c1ccc(C#Cc2[se]c(C#Cc3ccc(C(C)(C)C)cc3)c(C#Cc3ccc(C(C)(C)C)cc3)c2C#Cc2ccc(C(C)(C)C)cc2)cc1. The van der Waals surface area contributed by atoms with Gasteiger partial charge in [-0.25, -0.2) is 0 Å². The van der Waals surface area contributed by atoms with Gasteiger partial charge in [0.25, 0.3) is 0 Å². The van der Waals surface area contributed by atoms with E-state index in [4.69, 9.17) is 0 Å². The van der Waals surface area contributed by atoms with E-state index in [0.717, 1.165) is 42.3 Å². The normalized spacial score (nSPS) is 11.5. The van der Waals surface area contributed by atoms with Crippen molar-refractivity contribution in [2.45, 2.75) is 105 Å². The van der Waals surface area contributed by atoms with Gasteiger partial charge in [0, 0.05) is 0 Å². The Morgan fingerprint density at radius 1 is 0.283 bits per heavy atom. The van der Waals surface area contributed by atoms with E-state index in [2.05, 4.69) is 228 Å². The molecule has 0 saturated heterocycles. The van der Waals surface area contributed by atoms with Crippen LogP contribution in [0.1, 0.15) is 148 Å². The van der Waals surface area contributed by atoms with Gasteiger partial charge in [0.05, 0.1) is 0 Å². The van der Waals surface area contributed by atoms with Gasteiger partial charge in [-0.05, 0) is 0 Å². The fourth-order valence-electron chi connectivity index (χ4n) is 5.59. The van der Waals surface area contributed by atoms with Crippen LogP contribution in [-0.4, -0.2) is 14.5 Å². The molecular formula is C52H52Se. The molecule has 0 N–H and O–H groups in total. The minimum absolute atomic E-state index is 0.0769. The molecule has 5 aromatic rings. The maximum absolute atomic E-state index is 3.55. The molecule has 0 unspecified atom stereocenters. The average Bonchev–Trinajstić information content (AvgIpc) is 3.43. The molecule has 0 saturated carbocycles. The summed E-state index contributed by atoms with van der Waals surface area (Å²) in [7, 11) is 0. The van der Waals surface area contributed by atoms with Gasteiger partial charge in [0.2, 0.25) is 0 Å². The molecule has 4 aromatic carbocycles. The molecule has 0 atom stereocenters. The summed E-state index contributed by atoms with van der Waals surface area (Å²) in [5, 5.41) is 0.